The number of carbonyl (C=O) groups excluding carboxylic acids is 1. The van der Waals surface area contributed by atoms with Gasteiger partial charge in [-0.2, -0.15) is 0 Å². The molecule has 0 spiro atoms. The van der Waals surface area contributed by atoms with E-state index in [9.17, 15) is 14.0 Å². The molecule has 0 bridgehead atoms. The number of pyridine rings is 1. The van der Waals surface area contributed by atoms with E-state index in [1.807, 2.05) is 4.57 Å². The Balaban J connectivity index is 2.45. The van der Waals surface area contributed by atoms with Crippen LogP contribution < -0.4 is 5.43 Å². The molecule has 98 valence electrons. The maximum absolute atomic E-state index is 13.5. The highest BCUT2D eigenvalue weighted by atomic mass is 35.5. The molecule has 1 heterocycles. The number of ketones is 1. The van der Waals surface area contributed by atoms with Crippen LogP contribution in [0, 0.1) is 5.82 Å². The number of hydrogen-bond acceptors (Lipinski definition) is 2. The lowest BCUT2D eigenvalue weighted by molar-refractivity contribution is 0.101. The highest BCUT2D eigenvalue weighted by Crippen LogP contribution is 2.37. The topological polar surface area (TPSA) is 39.1 Å². The molecule has 0 radical (unpaired) electrons. The van der Waals surface area contributed by atoms with Crippen molar-refractivity contribution >= 4 is 28.3 Å². The number of Topliss-reactive ketones (excluding diaryl/α,β-unsaturated/α-hetero) is 1. The van der Waals surface area contributed by atoms with Gasteiger partial charge in [-0.1, -0.05) is 11.6 Å². The van der Waals surface area contributed by atoms with E-state index in [0.29, 0.717) is 5.52 Å². The molecule has 2 aromatic rings. The molecule has 1 aromatic heterocycles. The first kappa shape index (κ1) is 12.4. The molecular weight excluding hydrogens is 269 g/mol. The Kier molecular flexibility index (Phi) is 2.71. The molecule has 1 aliphatic rings. The van der Waals surface area contributed by atoms with Crippen LogP contribution in [0.4, 0.5) is 4.39 Å². The van der Waals surface area contributed by atoms with Crippen molar-refractivity contribution in [2.45, 2.75) is 25.8 Å². The summed E-state index contributed by atoms with van der Waals surface area (Å²) >= 11 is 5.78. The largest absolute Gasteiger partial charge is 0.343 e. The number of hydrogen-bond donors (Lipinski definition) is 0. The van der Waals surface area contributed by atoms with Crippen LogP contribution in [0.2, 0.25) is 5.02 Å². The minimum Gasteiger partial charge on any atom is -0.343 e. The zero-order valence-electron chi connectivity index (χ0n) is 10.2. The van der Waals surface area contributed by atoms with Crippen LogP contribution in [0.25, 0.3) is 10.9 Å². The van der Waals surface area contributed by atoms with Gasteiger partial charge in [0.1, 0.15) is 5.82 Å². The Morgan fingerprint density at radius 3 is 2.68 bits per heavy atom. The smallest absolute Gasteiger partial charge is 0.200 e. The molecule has 1 aromatic carbocycles. The average molecular weight is 280 g/mol. The van der Waals surface area contributed by atoms with Crippen LogP contribution in [-0.2, 0) is 0 Å². The second-order valence-corrected chi connectivity index (χ2v) is 5.26. The standard InChI is InChI=1S/C14H11ClFNO2/c1-7(18)10-6-17(8-2-3-8)13-5-11(15)12(16)4-9(13)14(10)19/h4-6,8H,2-3H2,1H3. The van der Waals surface area contributed by atoms with Gasteiger partial charge in [0.05, 0.1) is 16.1 Å². The SMILES string of the molecule is CC(=O)c1cn(C2CC2)c2cc(Cl)c(F)cc2c1=O. The monoisotopic (exact) mass is 279 g/mol. The van der Waals surface area contributed by atoms with E-state index in [4.69, 9.17) is 11.6 Å². The summed E-state index contributed by atoms with van der Waals surface area (Å²) in [5, 5.41) is 0.193. The molecule has 1 fully saturated rings. The van der Waals surface area contributed by atoms with Crippen molar-refractivity contribution < 1.29 is 9.18 Å². The van der Waals surface area contributed by atoms with Gasteiger partial charge in [-0.05, 0) is 31.9 Å². The minimum atomic E-state index is -0.644. The van der Waals surface area contributed by atoms with E-state index in [-0.39, 0.29) is 27.8 Å². The summed E-state index contributed by atoms with van der Waals surface area (Å²) in [5.74, 6) is -0.953. The van der Waals surface area contributed by atoms with Crippen molar-refractivity contribution in [2.24, 2.45) is 0 Å². The van der Waals surface area contributed by atoms with Gasteiger partial charge in [0.25, 0.3) is 0 Å². The summed E-state index contributed by atoms with van der Waals surface area (Å²) in [6, 6.07) is 2.84. The number of benzene rings is 1. The Morgan fingerprint density at radius 2 is 2.11 bits per heavy atom. The molecule has 0 unspecified atom stereocenters. The van der Waals surface area contributed by atoms with Crippen LogP contribution in [0.1, 0.15) is 36.2 Å². The van der Waals surface area contributed by atoms with E-state index in [0.717, 1.165) is 18.9 Å². The lowest BCUT2D eigenvalue weighted by Crippen LogP contribution is -2.17. The van der Waals surface area contributed by atoms with Crippen LogP contribution in [0.15, 0.2) is 23.1 Å². The van der Waals surface area contributed by atoms with Gasteiger partial charge in [0.2, 0.25) is 0 Å². The van der Waals surface area contributed by atoms with Gasteiger partial charge < -0.3 is 4.57 Å². The normalized spacial score (nSPS) is 14.9. The fraction of sp³-hybridized carbons (Fsp3) is 0.286. The first-order valence-corrected chi connectivity index (χ1v) is 6.41. The quantitative estimate of drug-likeness (QED) is 0.791. The van der Waals surface area contributed by atoms with Gasteiger partial charge in [-0.25, -0.2) is 4.39 Å². The van der Waals surface area contributed by atoms with E-state index in [1.165, 1.54) is 13.0 Å². The van der Waals surface area contributed by atoms with Crippen molar-refractivity contribution in [3.05, 3.63) is 45.0 Å². The number of halogens is 2. The van der Waals surface area contributed by atoms with E-state index in [1.54, 1.807) is 6.20 Å². The maximum atomic E-state index is 13.5. The molecular formula is C14H11ClFNO2. The van der Waals surface area contributed by atoms with Crippen molar-refractivity contribution in [2.75, 3.05) is 0 Å². The second kappa shape index (κ2) is 4.17. The molecule has 3 rings (SSSR count). The molecule has 0 aliphatic heterocycles. The zero-order chi connectivity index (χ0) is 13.7. The highest BCUT2D eigenvalue weighted by Gasteiger charge is 2.26. The molecule has 5 heteroatoms. The van der Waals surface area contributed by atoms with Crippen LogP contribution in [0.3, 0.4) is 0 Å². The average Bonchev–Trinajstić information content (AvgIpc) is 3.16. The number of rotatable bonds is 2. The van der Waals surface area contributed by atoms with Crippen molar-refractivity contribution in [3.63, 3.8) is 0 Å². The van der Waals surface area contributed by atoms with Gasteiger partial charge in [-0.3, -0.25) is 9.59 Å². The molecule has 3 nitrogen and oxygen atoms in total. The van der Waals surface area contributed by atoms with Gasteiger partial charge in [0.15, 0.2) is 11.2 Å². The molecule has 0 amide bonds. The molecule has 0 atom stereocenters. The predicted octanol–water partition coefficient (Wildman–Crippen LogP) is 3.33. The second-order valence-electron chi connectivity index (χ2n) is 4.85. The number of nitrogens with zero attached hydrogens (tertiary/aromatic N) is 1. The maximum Gasteiger partial charge on any atom is 0.200 e. The fourth-order valence-corrected chi connectivity index (χ4v) is 2.41. The summed E-state index contributed by atoms with van der Waals surface area (Å²) in [6.45, 7) is 1.34. The first-order valence-electron chi connectivity index (χ1n) is 6.04. The summed E-state index contributed by atoms with van der Waals surface area (Å²) < 4.78 is 15.4. The third kappa shape index (κ3) is 1.96. The summed E-state index contributed by atoms with van der Waals surface area (Å²) in [5.41, 5.74) is 0.250. The third-order valence-corrected chi connectivity index (χ3v) is 3.68. The Bertz CT molecular complexity index is 762. The summed E-state index contributed by atoms with van der Waals surface area (Å²) in [4.78, 5) is 23.7. The van der Waals surface area contributed by atoms with Crippen molar-refractivity contribution in [3.8, 4) is 0 Å². The van der Waals surface area contributed by atoms with Gasteiger partial charge in [0, 0.05) is 17.6 Å². The molecule has 0 N–H and O–H groups in total. The van der Waals surface area contributed by atoms with Crippen molar-refractivity contribution in [1.82, 2.24) is 4.57 Å². The van der Waals surface area contributed by atoms with Crippen LogP contribution in [0.5, 0.6) is 0 Å². The lowest BCUT2D eigenvalue weighted by atomic mass is 10.1. The van der Waals surface area contributed by atoms with E-state index in [2.05, 4.69) is 0 Å². The van der Waals surface area contributed by atoms with Crippen LogP contribution >= 0.6 is 11.6 Å². The van der Waals surface area contributed by atoms with Crippen LogP contribution in [-0.4, -0.2) is 10.4 Å². The predicted molar refractivity (Wildman–Crippen MR) is 71.5 cm³/mol. The Labute approximate surface area is 113 Å². The minimum absolute atomic E-state index is 0.0168. The van der Waals surface area contributed by atoms with E-state index >= 15 is 0 Å². The Morgan fingerprint density at radius 1 is 1.42 bits per heavy atom. The Hall–Kier alpha value is -1.68. The lowest BCUT2D eigenvalue weighted by Gasteiger charge is -2.12. The number of aromatic nitrogens is 1. The fourth-order valence-electron chi connectivity index (χ4n) is 2.25. The van der Waals surface area contributed by atoms with Crippen molar-refractivity contribution in [1.29, 1.82) is 0 Å². The van der Waals surface area contributed by atoms with E-state index < -0.39 is 11.2 Å². The molecule has 1 saturated carbocycles. The highest BCUT2D eigenvalue weighted by molar-refractivity contribution is 6.31. The van der Waals surface area contributed by atoms with Gasteiger partial charge >= 0.3 is 0 Å². The number of carbonyl (C=O) groups is 1. The number of fused-ring (bicyclic) bond motifs is 1. The molecule has 0 saturated heterocycles. The zero-order valence-corrected chi connectivity index (χ0v) is 11.0. The summed E-state index contributed by atoms with van der Waals surface area (Å²) in [6.07, 6.45) is 3.55. The molecule has 19 heavy (non-hydrogen) atoms. The third-order valence-electron chi connectivity index (χ3n) is 3.39. The first-order chi connectivity index (χ1) is 8.99. The summed E-state index contributed by atoms with van der Waals surface area (Å²) in [7, 11) is 0. The molecule has 1 aliphatic carbocycles. The van der Waals surface area contributed by atoms with Gasteiger partial charge in [-0.15, -0.1) is 0 Å².